The van der Waals surface area contributed by atoms with Gasteiger partial charge in [0.15, 0.2) is 0 Å². The van der Waals surface area contributed by atoms with Crippen molar-refractivity contribution in [1.82, 2.24) is 0 Å². The van der Waals surface area contributed by atoms with Crippen LogP contribution in [-0.4, -0.2) is 19.3 Å². The second-order valence-corrected chi connectivity index (χ2v) is 4.52. The minimum absolute atomic E-state index is 0.800. The lowest BCUT2D eigenvalue weighted by Crippen LogP contribution is -2.17. The molecule has 1 aromatic carbocycles. The zero-order valence-corrected chi connectivity index (χ0v) is 10.3. The fraction of sp³-hybridized carbons (Fsp3) is 0.417. The average Bonchev–Trinajstić information content (AvgIpc) is 2.28. The fourth-order valence-electron chi connectivity index (χ4n) is 1.40. The van der Waals surface area contributed by atoms with Gasteiger partial charge in [-0.1, -0.05) is 13.0 Å². The molecule has 2 nitrogen and oxygen atoms in total. The molecule has 15 heavy (non-hydrogen) atoms. The van der Waals surface area contributed by atoms with Crippen LogP contribution < -0.4 is 4.90 Å². The summed E-state index contributed by atoms with van der Waals surface area (Å²) in [7, 11) is 2.01. The van der Waals surface area contributed by atoms with E-state index in [1.165, 1.54) is 0 Å². The molecule has 0 amide bonds. The van der Waals surface area contributed by atoms with Gasteiger partial charge in [0.1, 0.15) is 6.07 Å². The Balaban J connectivity index is 3.17. The molecular formula is C12H16N2S. The molecule has 0 aliphatic rings. The fourth-order valence-corrected chi connectivity index (χ4v) is 2.18. The Hall–Kier alpha value is -1.14. The highest BCUT2D eigenvalue weighted by molar-refractivity contribution is 7.99. The minimum atomic E-state index is 0.800. The monoisotopic (exact) mass is 220 g/mol. The summed E-state index contributed by atoms with van der Waals surface area (Å²) in [5, 5.41) is 9.18. The Morgan fingerprint density at radius 2 is 2.13 bits per heavy atom. The van der Waals surface area contributed by atoms with Crippen molar-refractivity contribution in [2.75, 3.05) is 24.2 Å². The maximum Gasteiger partial charge on any atom is 0.103 e. The highest BCUT2D eigenvalue weighted by atomic mass is 32.2. The van der Waals surface area contributed by atoms with E-state index in [1.807, 2.05) is 25.2 Å². The van der Waals surface area contributed by atoms with Crippen molar-refractivity contribution < 1.29 is 0 Å². The topological polar surface area (TPSA) is 27.0 Å². The zero-order chi connectivity index (χ0) is 11.3. The van der Waals surface area contributed by atoms with Crippen molar-refractivity contribution >= 4 is 17.4 Å². The predicted molar refractivity (Wildman–Crippen MR) is 66.5 cm³/mol. The molecule has 0 radical (unpaired) electrons. The van der Waals surface area contributed by atoms with E-state index in [-0.39, 0.29) is 0 Å². The Kier molecular flexibility index (Phi) is 4.51. The van der Waals surface area contributed by atoms with Crippen LogP contribution in [0.15, 0.2) is 23.1 Å². The number of rotatable bonds is 4. The van der Waals surface area contributed by atoms with Crippen LogP contribution in [0.1, 0.15) is 19.4 Å². The Morgan fingerprint density at radius 1 is 1.40 bits per heavy atom. The number of anilines is 1. The van der Waals surface area contributed by atoms with Gasteiger partial charge in [0.2, 0.25) is 0 Å². The van der Waals surface area contributed by atoms with Gasteiger partial charge in [0, 0.05) is 18.5 Å². The Morgan fingerprint density at radius 3 is 2.67 bits per heavy atom. The Bertz CT molecular complexity index is 368. The maximum atomic E-state index is 9.18. The summed E-state index contributed by atoms with van der Waals surface area (Å²) >= 11 is 1.72. The first-order chi connectivity index (χ1) is 7.24. The third-order valence-electron chi connectivity index (χ3n) is 2.30. The summed E-state index contributed by atoms with van der Waals surface area (Å²) in [6, 6.07) is 8.33. The molecule has 1 aromatic rings. The number of benzene rings is 1. The third-order valence-corrected chi connectivity index (χ3v) is 3.24. The van der Waals surface area contributed by atoms with Crippen molar-refractivity contribution in [2.24, 2.45) is 0 Å². The van der Waals surface area contributed by atoms with E-state index in [9.17, 15) is 5.26 Å². The molecule has 0 heterocycles. The van der Waals surface area contributed by atoms with Gasteiger partial charge in [-0.3, -0.25) is 0 Å². The molecule has 0 aliphatic carbocycles. The van der Waals surface area contributed by atoms with Gasteiger partial charge >= 0.3 is 0 Å². The summed E-state index contributed by atoms with van der Waals surface area (Å²) in [6.07, 6.45) is 0. The lowest BCUT2D eigenvalue weighted by Gasteiger charge is -2.19. The molecule has 0 atom stereocenters. The molecule has 0 bridgehead atoms. The number of nitriles is 1. The van der Waals surface area contributed by atoms with Crippen molar-refractivity contribution in [3.05, 3.63) is 23.8 Å². The largest absolute Gasteiger partial charge is 0.374 e. The van der Waals surface area contributed by atoms with Gasteiger partial charge in [-0.05, 0) is 24.8 Å². The number of thioether (sulfide) groups is 1. The molecular weight excluding hydrogens is 204 g/mol. The van der Waals surface area contributed by atoms with Crippen molar-refractivity contribution in [3.63, 3.8) is 0 Å². The van der Waals surface area contributed by atoms with E-state index in [0.29, 0.717) is 0 Å². The lowest BCUT2D eigenvalue weighted by atomic mass is 10.2. The minimum Gasteiger partial charge on any atom is -0.374 e. The molecule has 0 unspecified atom stereocenters. The van der Waals surface area contributed by atoms with Crippen molar-refractivity contribution in [2.45, 2.75) is 18.7 Å². The van der Waals surface area contributed by atoms with E-state index in [1.54, 1.807) is 11.8 Å². The second-order valence-electron chi connectivity index (χ2n) is 3.21. The van der Waals surface area contributed by atoms with Gasteiger partial charge in [0.25, 0.3) is 0 Å². The summed E-state index contributed by atoms with van der Waals surface area (Å²) in [6.45, 7) is 5.09. The first-order valence-electron chi connectivity index (χ1n) is 5.11. The van der Waals surface area contributed by atoms with E-state index < -0.39 is 0 Å². The van der Waals surface area contributed by atoms with Crippen LogP contribution in [-0.2, 0) is 0 Å². The summed E-state index contributed by atoms with van der Waals surface area (Å²) in [5.74, 6) is 0.994. The van der Waals surface area contributed by atoms with Crippen molar-refractivity contribution in [3.8, 4) is 6.07 Å². The first-order valence-corrected chi connectivity index (χ1v) is 6.10. The highest BCUT2D eigenvalue weighted by Gasteiger charge is 2.10. The summed E-state index contributed by atoms with van der Waals surface area (Å²) in [4.78, 5) is 3.18. The molecule has 0 aliphatic heterocycles. The number of hydrogen-bond donors (Lipinski definition) is 0. The molecule has 0 spiro atoms. The lowest BCUT2D eigenvalue weighted by molar-refractivity contribution is 0.961. The van der Waals surface area contributed by atoms with Crippen LogP contribution in [0.25, 0.3) is 0 Å². The summed E-state index contributed by atoms with van der Waals surface area (Å²) in [5.41, 5.74) is 1.83. The van der Waals surface area contributed by atoms with Gasteiger partial charge in [-0.25, -0.2) is 0 Å². The van der Waals surface area contributed by atoms with Crippen LogP contribution in [0.3, 0.4) is 0 Å². The molecule has 0 N–H and O–H groups in total. The predicted octanol–water partition coefficient (Wildman–Crippen LogP) is 3.13. The third kappa shape index (κ3) is 2.66. The standard InChI is InChI=1S/C12H16N2S/c1-4-14(3)11-7-6-8-12(15-5-2)10(11)9-13/h6-8H,4-5H2,1-3H3. The van der Waals surface area contributed by atoms with Crippen molar-refractivity contribution in [1.29, 1.82) is 5.26 Å². The second kappa shape index (κ2) is 5.67. The Labute approximate surface area is 95.9 Å². The number of hydrogen-bond acceptors (Lipinski definition) is 3. The molecule has 0 saturated carbocycles. The van der Waals surface area contributed by atoms with Gasteiger partial charge < -0.3 is 4.90 Å². The molecule has 0 fully saturated rings. The van der Waals surface area contributed by atoms with Crippen LogP contribution in [0.4, 0.5) is 5.69 Å². The smallest absolute Gasteiger partial charge is 0.103 e. The molecule has 1 rings (SSSR count). The van der Waals surface area contributed by atoms with E-state index >= 15 is 0 Å². The van der Waals surface area contributed by atoms with Crippen LogP contribution in [0, 0.1) is 11.3 Å². The van der Waals surface area contributed by atoms with Gasteiger partial charge in [-0.15, -0.1) is 11.8 Å². The summed E-state index contributed by atoms with van der Waals surface area (Å²) < 4.78 is 0. The van der Waals surface area contributed by atoms with Crippen LogP contribution in [0.5, 0.6) is 0 Å². The van der Waals surface area contributed by atoms with E-state index in [2.05, 4.69) is 24.8 Å². The maximum absolute atomic E-state index is 9.18. The SMILES string of the molecule is CCSc1cccc(N(C)CC)c1C#N. The first kappa shape index (κ1) is 11.9. The molecule has 0 saturated heterocycles. The normalized spacial score (nSPS) is 9.73. The molecule has 3 heteroatoms. The molecule has 0 aromatic heterocycles. The van der Waals surface area contributed by atoms with Gasteiger partial charge in [-0.2, -0.15) is 5.26 Å². The quantitative estimate of drug-likeness (QED) is 0.729. The average molecular weight is 220 g/mol. The highest BCUT2D eigenvalue weighted by Crippen LogP contribution is 2.29. The number of nitrogens with zero attached hydrogens (tertiary/aromatic N) is 2. The molecule has 80 valence electrons. The van der Waals surface area contributed by atoms with E-state index in [0.717, 1.165) is 28.4 Å². The van der Waals surface area contributed by atoms with Crippen LogP contribution in [0.2, 0.25) is 0 Å². The van der Waals surface area contributed by atoms with Crippen LogP contribution >= 0.6 is 11.8 Å². The van der Waals surface area contributed by atoms with Gasteiger partial charge in [0.05, 0.1) is 11.3 Å². The zero-order valence-electron chi connectivity index (χ0n) is 9.45. The van der Waals surface area contributed by atoms with E-state index in [4.69, 9.17) is 0 Å².